The van der Waals surface area contributed by atoms with Gasteiger partial charge in [0.25, 0.3) is 5.91 Å². The number of carbonyl (C=O) groups excluding carboxylic acids is 4. The monoisotopic (exact) mass is 535 g/mol. The van der Waals surface area contributed by atoms with Crippen molar-refractivity contribution in [3.63, 3.8) is 0 Å². The minimum absolute atomic E-state index is 0.0671. The van der Waals surface area contributed by atoms with Gasteiger partial charge in [0, 0.05) is 23.5 Å². The molecule has 3 aromatic rings. The van der Waals surface area contributed by atoms with Crippen LogP contribution >= 0.6 is 11.8 Å². The zero-order valence-electron chi connectivity index (χ0n) is 20.8. The fourth-order valence-corrected chi connectivity index (χ4v) is 4.86. The zero-order valence-corrected chi connectivity index (χ0v) is 21.6. The molecule has 0 saturated carbocycles. The highest BCUT2D eigenvalue weighted by molar-refractivity contribution is 7.98. The number of rotatable bonds is 9. The van der Waals surface area contributed by atoms with Gasteiger partial charge < -0.3 is 31.0 Å². The van der Waals surface area contributed by atoms with Crippen LogP contribution < -0.4 is 21.7 Å². The van der Waals surface area contributed by atoms with E-state index in [1.165, 1.54) is 17.2 Å². The zero-order chi connectivity index (χ0) is 27.1. The van der Waals surface area contributed by atoms with Gasteiger partial charge >= 0.3 is 6.03 Å². The lowest BCUT2D eigenvalue weighted by Gasteiger charge is -2.28. The summed E-state index contributed by atoms with van der Waals surface area (Å²) in [6, 6.07) is 16.2. The van der Waals surface area contributed by atoms with Gasteiger partial charge in [0.15, 0.2) is 5.76 Å². The molecular weight excluding hydrogens is 506 g/mol. The standard InChI is InChI=1S/C27H29N5O5S/c1-38-19-10-5-9-18(16-19)29-27(36)31-20-12-13-32(26(35)22-11-6-14-37-22)23(20)25(34)30-21(24(28)33)15-17-7-3-2-4-8-17/h2-11,14,16,20-21,23H,12-13,15H2,1H3,(H2,28,33)(H,30,34)(H2,29,31,36). The molecule has 2 heterocycles. The van der Waals surface area contributed by atoms with Gasteiger partial charge in [0.05, 0.1) is 12.3 Å². The molecule has 0 aliphatic carbocycles. The maximum Gasteiger partial charge on any atom is 0.319 e. The number of nitrogens with two attached hydrogens (primary N) is 1. The van der Waals surface area contributed by atoms with Crippen molar-refractivity contribution in [1.29, 1.82) is 0 Å². The number of furan rings is 1. The SMILES string of the molecule is CSc1cccc(NC(=O)NC2CCN(C(=O)c3ccco3)C2C(=O)NC(Cc2ccccc2)C(N)=O)c1. The molecule has 2 aromatic carbocycles. The Morgan fingerprint density at radius 2 is 1.87 bits per heavy atom. The molecule has 3 atom stereocenters. The first-order valence-corrected chi connectivity index (χ1v) is 13.3. The summed E-state index contributed by atoms with van der Waals surface area (Å²) < 4.78 is 5.25. The van der Waals surface area contributed by atoms with E-state index in [1.54, 1.807) is 23.9 Å². The maximum atomic E-state index is 13.6. The third-order valence-corrected chi connectivity index (χ3v) is 6.97. The lowest BCUT2D eigenvalue weighted by atomic mass is 10.0. The van der Waals surface area contributed by atoms with Crippen molar-refractivity contribution < 1.29 is 23.6 Å². The first-order chi connectivity index (χ1) is 18.4. The minimum atomic E-state index is -1.09. The van der Waals surface area contributed by atoms with E-state index >= 15 is 0 Å². The van der Waals surface area contributed by atoms with E-state index in [2.05, 4.69) is 16.0 Å². The molecule has 1 fully saturated rings. The van der Waals surface area contributed by atoms with E-state index in [9.17, 15) is 19.2 Å². The number of nitrogens with one attached hydrogen (secondary N) is 3. The molecule has 5 N–H and O–H groups in total. The minimum Gasteiger partial charge on any atom is -0.459 e. The summed E-state index contributed by atoms with van der Waals surface area (Å²) in [7, 11) is 0. The van der Waals surface area contributed by atoms with Crippen molar-refractivity contribution in [3.8, 4) is 0 Å². The van der Waals surface area contributed by atoms with Crippen LogP contribution in [-0.4, -0.2) is 59.6 Å². The molecule has 10 nitrogen and oxygen atoms in total. The summed E-state index contributed by atoms with van der Waals surface area (Å²) in [6.45, 7) is 0.199. The van der Waals surface area contributed by atoms with Crippen molar-refractivity contribution in [1.82, 2.24) is 15.5 Å². The average Bonchev–Trinajstić information content (AvgIpc) is 3.59. The second kappa shape index (κ2) is 12.3. The first-order valence-electron chi connectivity index (χ1n) is 12.1. The second-order valence-electron chi connectivity index (χ2n) is 8.80. The van der Waals surface area contributed by atoms with Crippen LogP contribution in [0, 0.1) is 0 Å². The number of thioether (sulfide) groups is 1. The van der Waals surface area contributed by atoms with Gasteiger partial charge in [-0.15, -0.1) is 11.8 Å². The fourth-order valence-electron chi connectivity index (χ4n) is 4.40. The second-order valence-corrected chi connectivity index (χ2v) is 9.68. The highest BCUT2D eigenvalue weighted by atomic mass is 32.2. The average molecular weight is 536 g/mol. The highest BCUT2D eigenvalue weighted by Crippen LogP contribution is 2.23. The predicted octanol–water partition coefficient (Wildman–Crippen LogP) is 2.62. The number of primary amides is 1. The van der Waals surface area contributed by atoms with Crippen molar-refractivity contribution in [2.45, 2.75) is 35.9 Å². The normalized spacial score (nSPS) is 17.4. The Morgan fingerprint density at radius 3 is 2.55 bits per heavy atom. The molecule has 4 rings (SSSR count). The molecule has 11 heteroatoms. The smallest absolute Gasteiger partial charge is 0.319 e. The quantitative estimate of drug-likeness (QED) is 0.310. The highest BCUT2D eigenvalue weighted by Gasteiger charge is 2.44. The van der Waals surface area contributed by atoms with Gasteiger partial charge in [-0.05, 0) is 48.6 Å². The number of nitrogens with zero attached hydrogens (tertiary/aromatic N) is 1. The van der Waals surface area contributed by atoms with E-state index in [0.717, 1.165) is 10.5 Å². The Hall–Kier alpha value is -4.25. The number of urea groups is 1. The van der Waals surface area contributed by atoms with E-state index in [0.29, 0.717) is 12.1 Å². The Labute approximate surface area is 224 Å². The van der Waals surface area contributed by atoms with Gasteiger partial charge in [-0.3, -0.25) is 14.4 Å². The van der Waals surface area contributed by atoms with Gasteiger partial charge in [0.2, 0.25) is 11.8 Å². The number of carbonyl (C=O) groups is 4. The molecule has 1 aliphatic rings. The number of hydrogen-bond acceptors (Lipinski definition) is 6. The summed E-state index contributed by atoms with van der Waals surface area (Å²) in [6.07, 6.45) is 3.81. The third-order valence-electron chi connectivity index (χ3n) is 6.25. The van der Waals surface area contributed by atoms with Crippen molar-refractivity contribution in [2.24, 2.45) is 5.73 Å². The van der Waals surface area contributed by atoms with Crippen LogP contribution in [0.1, 0.15) is 22.5 Å². The number of amides is 5. The molecule has 0 radical (unpaired) electrons. The summed E-state index contributed by atoms with van der Waals surface area (Å²) >= 11 is 1.54. The molecule has 198 valence electrons. The van der Waals surface area contributed by atoms with Crippen molar-refractivity contribution >= 4 is 41.2 Å². The largest absolute Gasteiger partial charge is 0.459 e. The van der Waals surface area contributed by atoms with Crippen LogP contribution in [0.25, 0.3) is 0 Å². The Bertz CT molecular complexity index is 1280. The Morgan fingerprint density at radius 1 is 1.08 bits per heavy atom. The van der Waals surface area contributed by atoms with Crippen LogP contribution in [0.4, 0.5) is 10.5 Å². The summed E-state index contributed by atoms with van der Waals surface area (Å²) in [5, 5.41) is 8.29. The van der Waals surface area contributed by atoms with Crippen molar-refractivity contribution in [3.05, 3.63) is 84.3 Å². The number of anilines is 1. The molecule has 0 spiro atoms. The Balaban J connectivity index is 1.52. The number of likely N-dealkylation sites (tertiary alicyclic amines) is 1. The van der Waals surface area contributed by atoms with Crippen molar-refractivity contribution in [2.75, 3.05) is 18.1 Å². The topological polar surface area (TPSA) is 147 Å². The predicted molar refractivity (Wildman–Crippen MR) is 144 cm³/mol. The van der Waals surface area contributed by atoms with Gasteiger partial charge in [0.1, 0.15) is 12.1 Å². The van der Waals surface area contributed by atoms with E-state index in [1.807, 2.05) is 54.8 Å². The molecular formula is C27H29N5O5S. The van der Waals surface area contributed by atoms with Crippen LogP contribution in [0.15, 0.2) is 82.3 Å². The number of benzene rings is 2. The molecule has 5 amide bonds. The molecule has 3 unspecified atom stereocenters. The first kappa shape index (κ1) is 26.8. The molecule has 38 heavy (non-hydrogen) atoms. The van der Waals surface area contributed by atoms with Gasteiger partial charge in [-0.25, -0.2) is 4.79 Å². The Kier molecular flexibility index (Phi) is 8.70. The fraction of sp³-hybridized carbons (Fsp3) is 0.259. The number of hydrogen-bond donors (Lipinski definition) is 4. The summed E-state index contributed by atoms with van der Waals surface area (Å²) in [4.78, 5) is 54.1. The molecule has 0 bridgehead atoms. The molecule has 1 aliphatic heterocycles. The summed E-state index contributed by atoms with van der Waals surface area (Å²) in [5.41, 5.74) is 7.00. The van der Waals surface area contributed by atoms with E-state index in [-0.39, 0.29) is 18.7 Å². The van der Waals surface area contributed by atoms with E-state index < -0.39 is 41.9 Å². The lowest BCUT2D eigenvalue weighted by molar-refractivity contribution is -0.130. The van der Waals surface area contributed by atoms with Crippen LogP contribution in [0.5, 0.6) is 0 Å². The third kappa shape index (κ3) is 6.54. The molecule has 1 aromatic heterocycles. The van der Waals surface area contributed by atoms with Gasteiger partial charge in [-0.2, -0.15) is 0 Å². The summed E-state index contributed by atoms with van der Waals surface area (Å²) in [5.74, 6) is -1.74. The molecule has 1 saturated heterocycles. The maximum absolute atomic E-state index is 13.6. The lowest BCUT2D eigenvalue weighted by Crippen LogP contribution is -2.58. The van der Waals surface area contributed by atoms with E-state index in [4.69, 9.17) is 10.2 Å². The van der Waals surface area contributed by atoms with Crippen LogP contribution in [0.3, 0.4) is 0 Å². The van der Waals surface area contributed by atoms with Gasteiger partial charge in [-0.1, -0.05) is 36.4 Å². The van der Waals surface area contributed by atoms with Crippen LogP contribution in [0.2, 0.25) is 0 Å². The van der Waals surface area contributed by atoms with Crippen LogP contribution in [-0.2, 0) is 16.0 Å².